The summed E-state index contributed by atoms with van der Waals surface area (Å²) >= 11 is 0. The molecular weight excluding hydrogens is 371 g/mol. The topological polar surface area (TPSA) is 9.23 Å². The van der Waals surface area contributed by atoms with Gasteiger partial charge in [-0.05, 0) is 68.7 Å². The normalized spacial score (nSPS) is 19.2. The molecule has 0 amide bonds. The summed E-state index contributed by atoms with van der Waals surface area (Å²) in [6.45, 7) is 5.21. The molecule has 156 valence electrons. The van der Waals surface area contributed by atoms with Crippen LogP contribution in [0, 0.1) is 29.5 Å². The van der Waals surface area contributed by atoms with E-state index in [0.717, 1.165) is 29.5 Å². The molecule has 0 bridgehead atoms. The summed E-state index contributed by atoms with van der Waals surface area (Å²) in [5.41, 5.74) is 3.30. The Morgan fingerprint density at radius 3 is 2.43 bits per heavy atom. The van der Waals surface area contributed by atoms with Gasteiger partial charge in [-0.2, -0.15) is 0 Å². The maximum absolute atomic E-state index is 14.7. The first-order valence-corrected chi connectivity index (χ1v) is 10.9. The predicted molar refractivity (Wildman–Crippen MR) is 123 cm³/mol. The van der Waals surface area contributed by atoms with Gasteiger partial charge in [0.1, 0.15) is 5.82 Å². The molecule has 3 rings (SSSR count). The molecule has 1 fully saturated rings. The quantitative estimate of drug-likeness (QED) is 0.279. The summed E-state index contributed by atoms with van der Waals surface area (Å²) in [6, 6.07) is 13.2. The van der Waals surface area contributed by atoms with Crippen LogP contribution in [0.2, 0.25) is 0 Å². The van der Waals surface area contributed by atoms with Gasteiger partial charge in [0.05, 0.1) is 13.2 Å². The van der Waals surface area contributed by atoms with E-state index in [2.05, 4.69) is 30.9 Å². The highest BCUT2D eigenvalue weighted by atomic mass is 19.1. The van der Waals surface area contributed by atoms with E-state index in [9.17, 15) is 4.39 Å². The molecule has 0 aliphatic heterocycles. The van der Waals surface area contributed by atoms with Crippen molar-refractivity contribution in [3.8, 4) is 23.0 Å². The van der Waals surface area contributed by atoms with E-state index in [-0.39, 0.29) is 5.82 Å². The van der Waals surface area contributed by atoms with Gasteiger partial charge in [0, 0.05) is 17.0 Å². The van der Waals surface area contributed by atoms with E-state index >= 15 is 0 Å². The molecular formula is C28H31FO. The van der Waals surface area contributed by atoms with Crippen LogP contribution in [-0.2, 0) is 11.3 Å². The van der Waals surface area contributed by atoms with E-state index in [4.69, 9.17) is 4.74 Å². The molecule has 0 unspecified atom stereocenters. The Labute approximate surface area is 180 Å². The minimum absolute atomic E-state index is 0.226. The summed E-state index contributed by atoms with van der Waals surface area (Å²) in [4.78, 5) is 0. The smallest absolute Gasteiger partial charge is 0.132 e. The van der Waals surface area contributed by atoms with E-state index in [1.807, 2.05) is 55.5 Å². The first kappa shape index (κ1) is 22.1. The van der Waals surface area contributed by atoms with Gasteiger partial charge in [0.2, 0.25) is 0 Å². The van der Waals surface area contributed by atoms with Crippen molar-refractivity contribution in [3.05, 3.63) is 83.7 Å². The summed E-state index contributed by atoms with van der Waals surface area (Å²) in [7, 11) is 0. The summed E-state index contributed by atoms with van der Waals surface area (Å²) in [6.07, 6.45) is 13.1. The average Bonchev–Trinajstić information content (AvgIpc) is 2.77. The van der Waals surface area contributed by atoms with Crippen LogP contribution in [-0.4, -0.2) is 6.61 Å². The molecule has 0 aromatic heterocycles. The number of hydrogen-bond donors (Lipinski definition) is 0. The standard InChI is InChI=1S/C28H31FO/c1-3-5-19-30-21-25-13-16-26(17-14-25)27-18-15-24(20-28(27)29)12-11-23-9-7-22(6-4-2)8-10-23/h3-6,13-18,20,22-23H,7-10,19,21H2,1-2H3. The molecule has 0 atom stereocenters. The Morgan fingerprint density at radius 2 is 1.77 bits per heavy atom. The maximum atomic E-state index is 14.7. The van der Waals surface area contributed by atoms with E-state index < -0.39 is 0 Å². The molecule has 1 aliphatic carbocycles. The third-order valence-electron chi connectivity index (χ3n) is 5.61. The lowest BCUT2D eigenvalue weighted by Gasteiger charge is -2.22. The second-order valence-electron chi connectivity index (χ2n) is 7.88. The highest BCUT2D eigenvalue weighted by Gasteiger charge is 2.17. The number of benzene rings is 2. The van der Waals surface area contributed by atoms with Gasteiger partial charge in [-0.3, -0.25) is 0 Å². The van der Waals surface area contributed by atoms with Crippen molar-refractivity contribution in [1.29, 1.82) is 0 Å². The van der Waals surface area contributed by atoms with Gasteiger partial charge < -0.3 is 4.74 Å². The first-order chi connectivity index (χ1) is 14.7. The van der Waals surface area contributed by atoms with Gasteiger partial charge in [0.15, 0.2) is 0 Å². The number of halogens is 1. The van der Waals surface area contributed by atoms with Crippen LogP contribution in [0.5, 0.6) is 0 Å². The SMILES string of the molecule is CC=CCOCc1ccc(-c2ccc(C#CC3CCC(C=CC)CC3)cc2F)cc1. The summed E-state index contributed by atoms with van der Waals surface area (Å²) < 4.78 is 20.3. The predicted octanol–water partition coefficient (Wildman–Crippen LogP) is 7.32. The Kier molecular flexibility index (Phi) is 8.48. The van der Waals surface area contributed by atoms with Crippen LogP contribution in [0.4, 0.5) is 4.39 Å². The maximum Gasteiger partial charge on any atom is 0.132 e. The van der Waals surface area contributed by atoms with Crippen molar-refractivity contribution in [2.45, 2.75) is 46.1 Å². The van der Waals surface area contributed by atoms with Gasteiger partial charge in [-0.15, -0.1) is 0 Å². The van der Waals surface area contributed by atoms with E-state index in [1.165, 1.54) is 12.8 Å². The minimum atomic E-state index is -0.226. The van der Waals surface area contributed by atoms with Crippen LogP contribution in [0.1, 0.15) is 50.7 Å². The molecule has 0 N–H and O–H groups in total. The fraction of sp³-hybridized carbons (Fsp3) is 0.357. The zero-order valence-electron chi connectivity index (χ0n) is 18.0. The van der Waals surface area contributed by atoms with Crippen LogP contribution in [0.25, 0.3) is 11.1 Å². The van der Waals surface area contributed by atoms with E-state index in [0.29, 0.717) is 30.6 Å². The van der Waals surface area contributed by atoms with E-state index in [1.54, 1.807) is 6.07 Å². The molecule has 0 saturated heterocycles. The second-order valence-corrected chi connectivity index (χ2v) is 7.88. The largest absolute Gasteiger partial charge is 0.373 e. The van der Waals surface area contributed by atoms with Crippen molar-refractivity contribution in [3.63, 3.8) is 0 Å². The lowest BCUT2D eigenvalue weighted by molar-refractivity contribution is 0.148. The number of allylic oxidation sites excluding steroid dienone is 3. The van der Waals surface area contributed by atoms with Crippen molar-refractivity contribution >= 4 is 0 Å². The molecule has 30 heavy (non-hydrogen) atoms. The molecule has 0 spiro atoms. The Morgan fingerprint density at radius 1 is 1.00 bits per heavy atom. The Hall–Kier alpha value is -2.63. The fourth-order valence-electron chi connectivity index (χ4n) is 3.86. The monoisotopic (exact) mass is 402 g/mol. The zero-order chi connectivity index (χ0) is 21.2. The third-order valence-corrected chi connectivity index (χ3v) is 5.61. The van der Waals surface area contributed by atoms with Gasteiger partial charge >= 0.3 is 0 Å². The van der Waals surface area contributed by atoms with Crippen molar-refractivity contribution < 1.29 is 9.13 Å². The van der Waals surface area contributed by atoms with Crippen LogP contribution in [0.15, 0.2) is 66.8 Å². The first-order valence-electron chi connectivity index (χ1n) is 10.9. The highest BCUT2D eigenvalue weighted by Crippen LogP contribution is 2.29. The molecule has 0 heterocycles. The summed E-state index contributed by atoms with van der Waals surface area (Å²) in [5, 5.41) is 0. The third kappa shape index (κ3) is 6.44. The zero-order valence-corrected chi connectivity index (χ0v) is 18.0. The second kappa shape index (κ2) is 11.5. The number of ether oxygens (including phenoxy) is 1. The highest BCUT2D eigenvalue weighted by molar-refractivity contribution is 5.65. The molecule has 0 radical (unpaired) electrons. The van der Waals surface area contributed by atoms with Gasteiger partial charge in [-0.25, -0.2) is 4.39 Å². The lowest BCUT2D eigenvalue weighted by atomic mass is 9.82. The molecule has 2 aromatic carbocycles. The molecule has 1 aliphatic rings. The van der Waals surface area contributed by atoms with Crippen LogP contribution >= 0.6 is 0 Å². The Bertz CT molecular complexity index is 919. The number of rotatable bonds is 6. The molecule has 1 nitrogen and oxygen atoms in total. The van der Waals surface area contributed by atoms with Gasteiger partial charge in [0.25, 0.3) is 0 Å². The molecule has 2 aromatic rings. The van der Waals surface area contributed by atoms with Gasteiger partial charge in [-0.1, -0.05) is 66.5 Å². The molecule has 2 heteroatoms. The lowest BCUT2D eigenvalue weighted by Crippen LogP contribution is -2.11. The van der Waals surface area contributed by atoms with Crippen LogP contribution in [0.3, 0.4) is 0 Å². The van der Waals surface area contributed by atoms with Crippen molar-refractivity contribution in [2.75, 3.05) is 6.61 Å². The minimum Gasteiger partial charge on any atom is -0.373 e. The van der Waals surface area contributed by atoms with Crippen molar-refractivity contribution in [2.24, 2.45) is 11.8 Å². The van der Waals surface area contributed by atoms with Crippen molar-refractivity contribution in [1.82, 2.24) is 0 Å². The number of hydrogen-bond acceptors (Lipinski definition) is 1. The fourth-order valence-corrected chi connectivity index (χ4v) is 3.86. The van der Waals surface area contributed by atoms with Crippen LogP contribution < -0.4 is 0 Å². The Balaban J connectivity index is 1.60. The molecule has 1 saturated carbocycles. The average molecular weight is 403 g/mol. The summed E-state index contributed by atoms with van der Waals surface area (Å²) in [5.74, 6) is 7.46.